The molecule has 132 valence electrons. The molecule has 7 heteroatoms. The molecule has 2 atom stereocenters. The van der Waals surface area contributed by atoms with Crippen LogP contribution in [0.5, 0.6) is 0 Å². The van der Waals surface area contributed by atoms with Crippen molar-refractivity contribution in [1.29, 1.82) is 0 Å². The summed E-state index contributed by atoms with van der Waals surface area (Å²) in [5, 5.41) is 10.1. The Morgan fingerprint density at radius 2 is 2.09 bits per heavy atom. The molecule has 1 aliphatic rings. The Kier molecular flexibility index (Phi) is 11.4. The van der Waals surface area contributed by atoms with Crippen LogP contribution in [0, 0.1) is 0 Å². The van der Waals surface area contributed by atoms with Gasteiger partial charge in [-0.2, -0.15) is 0 Å². The van der Waals surface area contributed by atoms with Gasteiger partial charge in [-0.25, -0.2) is 0 Å². The standard InChI is InChI=1S/C15H32N4O2.HI/c1-12(10-21-13-6-9-20-11-13)19-14(16-5)17-7-8-18-15(2,3)4;/h12-13,18H,6-11H2,1-5H3,(H2,16,17,19);1H. The Morgan fingerprint density at radius 1 is 1.36 bits per heavy atom. The Bertz CT molecular complexity index is 315. The van der Waals surface area contributed by atoms with E-state index in [0.29, 0.717) is 6.61 Å². The molecule has 1 heterocycles. The quantitative estimate of drug-likeness (QED) is 0.247. The molecule has 0 aromatic rings. The lowest BCUT2D eigenvalue weighted by molar-refractivity contribution is 0.0347. The zero-order valence-corrected chi connectivity index (χ0v) is 16.9. The van der Waals surface area contributed by atoms with E-state index in [-0.39, 0.29) is 41.7 Å². The summed E-state index contributed by atoms with van der Waals surface area (Å²) in [5.74, 6) is 0.810. The number of rotatable bonds is 7. The van der Waals surface area contributed by atoms with Crippen LogP contribution in [0.4, 0.5) is 0 Å². The SMILES string of the molecule is CN=C(NCCNC(C)(C)C)NC(C)COC1CCOC1.I. The van der Waals surface area contributed by atoms with Crippen molar-refractivity contribution in [2.45, 2.75) is 51.8 Å². The molecule has 2 unspecified atom stereocenters. The molecule has 1 saturated heterocycles. The second-order valence-electron chi connectivity index (χ2n) is 6.54. The van der Waals surface area contributed by atoms with E-state index in [1.54, 1.807) is 7.05 Å². The van der Waals surface area contributed by atoms with E-state index in [1.165, 1.54) is 0 Å². The van der Waals surface area contributed by atoms with E-state index >= 15 is 0 Å². The molecule has 0 radical (unpaired) electrons. The molecule has 1 fully saturated rings. The van der Waals surface area contributed by atoms with Crippen LogP contribution in [0.25, 0.3) is 0 Å². The summed E-state index contributed by atoms with van der Waals surface area (Å²) < 4.78 is 11.1. The Morgan fingerprint density at radius 3 is 2.64 bits per heavy atom. The van der Waals surface area contributed by atoms with Crippen molar-refractivity contribution in [3.63, 3.8) is 0 Å². The van der Waals surface area contributed by atoms with Gasteiger partial charge in [-0.05, 0) is 34.1 Å². The molecule has 0 aromatic heterocycles. The molecule has 1 rings (SSSR count). The Balaban J connectivity index is 0.00000441. The zero-order chi connectivity index (χ0) is 15.7. The summed E-state index contributed by atoms with van der Waals surface area (Å²) in [6, 6.07) is 0.215. The lowest BCUT2D eigenvalue weighted by Crippen LogP contribution is -2.47. The largest absolute Gasteiger partial charge is 0.379 e. The fourth-order valence-corrected chi connectivity index (χ4v) is 2.01. The van der Waals surface area contributed by atoms with Gasteiger partial charge in [0.2, 0.25) is 0 Å². The van der Waals surface area contributed by atoms with Crippen LogP contribution in [0.2, 0.25) is 0 Å². The van der Waals surface area contributed by atoms with Crippen molar-refractivity contribution < 1.29 is 9.47 Å². The predicted octanol–water partition coefficient (Wildman–Crippen LogP) is 1.35. The van der Waals surface area contributed by atoms with Crippen LogP contribution in [0.1, 0.15) is 34.1 Å². The van der Waals surface area contributed by atoms with E-state index in [0.717, 1.165) is 38.7 Å². The van der Waals surface area contributed by atoms with Crippen LogP contribution in [-0.4, -0.2) is 63.6 Å². The summed E-state index contributed by atoms with van der Waals surface area (Å²) in [6.45, 7) is 12.5. The van der Waals surface area contributed by atoms with E-state index in [2.05, 4.69) is 48.6 Å². The average molecular weight is 428 g/mol. The minimum absolute atomic E-state index is 0. The zero-order valence-electron chi connectivity index (χ0n) is 14.6. The van der Waals surface area contributed by atoms with Crippen LogP contribution in [0.15, 0.2) is 4.99 Å². The summed E-state index contributed by atoms with van der Waals surface area (Å²) in [6.07, 6.45) is 1.25. The molecular weight excluding hydrogens is 395 g/mol. The van der Waals surface area contributed by atoms with Gasteiger partial charge in [-0.3, -0.25) is 4.99 Å². The molecule has 3 N–H and O–H groups in total. The molecule has 0 amide bonds. The van der Waals surface area contributed by atoms with Gasteiger partial charge in [0.1, 0.15) is 0 Å². The molecule has 0 bridgehead atoms. The minimum atomic E-state index is 0. The van der Waals surface area contributed by atoms with Crippen LogP contribution in [-0.2, 0) is 9.47 Å². The van der Waals surface area contributed by atoms with Crippen molar-refractivity contribution >= 4 is 29.9 Å². The van der Waals surface area contributed by atoms with Crippen molar-refractivity contribution in [2.24, 2.45) is 4.99 Å². The van der Waals surface area contributed by atoms with Gasteiger partial charge in [0.25, 0.3) is 0 Å². The first-order valence-electron chi connectivity index (χ1n) is 7.82. The molecular formula is C15H33IN4O2. The van der Waals surface area contributed by atoms with Crippen molar-refractivity contribution in [3.8, 4) is 0 Å². The molecule has 22 heavy (non-hydrogen) atoms. The van der Waals surface area contributed by atoms with Crippen molar-refractivity contribution in [3.05, 3.63) is 0 Å². The highest BCUT2D eigenvalue weighted by molar-refractivity contribution is 14.0. The molecule has 0 aromatic carbocycles. The minimum Gasteiger partial charge on any atom is -0.379 e. The first-order valence-corrected chi connectivity index (χ1v) is 7.82. The third-order valence-corrected chi connectivity index (χ3v) is 3.15. The predicted molar refractivity (Wildman–Crippen MR) is 102 cm³/mol. The highest BCUT2D eigenvalue weighted by Gasteiger charge is 2.17. The van der Waals surface area contributed by atoms with E-state index in [1.807, 2.05) is 0 Å². The van der Waals surface area contributed by atoms with Gasteiger partial charge >= 0.3 is 0 Å². The van der Waals surface area contributed by atoms with Crippen LogP contribution < -0.4 is 16.0 Å². The van der Waals surface area contributed by atoms with Crippen molar-refractivity contribution in [2.75, 3.05) is 40.0 Å². The number of aliphatic imine (C=N–C) groups is 1. The average Bonchev–Trinajstić information content (AvgIpc) is 2.92. The molecule has 6 nitrogen and oxygen atoms in total. The highest BCUT2D eigenvalue weighted by atomic mass is 127. The van der Waals surface area contributed by atoms with Gasteiger partial charge in [-0.15, -0.1) is 24.0 Å². The monoisotopic (exact) mass is 428 g/mol. The first kappa shape index (κ1) is 21.9. The maximum atomic E-state index is 5.80. The lowest BCUT2D eigenvalue weighted by atomic mass is 10.1. The maximum absolute atomic E-state index is 5.80. The van der Waals surface area contributed by atoms with Gasteiger partial charge in [0.05, 0.1) is 19.3 Å². The fraction of sp³-hybridized carbons (Fsp3) is 0.933. The van der Waals surface area contributed by atoms with Gasteiger partial charge < -0.3 is 25.4 Å². The van der Waals surface area contributed by atoms with Crippen LogP contribution >= 0.6 is 24.0 Å². The van der Waals surface area contributed by atoms with E-state index in [9.17, 15) is 0 Å². The molecule has 0 spiro atoms. The first-order chi connectivity index (χ1) is 9.90. The number of nitrogens with zero attached hydrogens (tertiary/aromatic N) is 1. The number of ether oxygens (including phenoxy) is 2. The second-order valence-corrected chi connectivity index (χ2v) is 6.54. The fourth-order valence-electron chi connectivity index (χ4n) is 2.01. The Labute approximate surface area is 152 Å². The van der Waals surface area contributed by atoms with Gasteiger partial charge in [0, 0.05) is 38.3 Å². The van der Waals surface area contributed by atoms with Crippen LogP contribution in [0.3, 0.4) is 0 Å². The summed E-state index contributed by atoms with van der Waals surface area (Å²) in [7, 11) is 1.78. The Hall–Kier alpha value is -0.120. The lowest BCUT2D eigenvalue weighted by Gasteiger charge is -2.22. The maximum Gasteiger partial charge on any atom is 0.191 e. The number of hydrogen-bond acceptors (Lipinski definition) is 4. The molecule has 0 aliphatic carbocycles. The summed E-state index contributed by atoms with van der Waals surface area (Å²) in [5.41, 5.74) is 0.142. The normalized spacial score (nSPS) is 20.4. The highest BCUT2D eigenvalue weighted by Crippen LogP contribution is 2.08. The number of halogens is 1. The molecule has 1 aliphatic heterocycles. The van der Waals surface area contributed by atoms with Gasteiger partial charge in [0.15, 0.2) is 5.96 Å². The van der Waals surface area contributed by atoms with E-state index in [4.69, 9.17) is 9.47 Å². The van der Waals surface area contributed by atoms with E-state index < -0.39 is 0 Å². The third kappa shape index (κ3) is 10.6. The molecule has 0 saturated carbocycles. The summed E-state index contributed by atoms with van der Waals surface area (Å²) in [4.78, 5) is 4.23. The second kappa shape index (κ2) is 11.4. The number of nitrogens with one attached hydrogen (secondary N) is 3. The summed E-state index contributed by atoms with van der Waals surface area (Å²) >= 11 is 0. The van der Waals surface area contributed by atoms with Crippen molar-refractivity contribution in [1.82, 2.24) is 16.0 Å². The third-order valence-electron chi connectivity index (χ3n) is 3.15. The topological polar surface area (TPSA) is 66.9 Å². The number of hydrogen-bond donors (Lipinski definition) is 3. The smallest absolute Gasteiger partial charge is 0.191 e. The number of guanidine groups is 1. The van der Waals surface area contributed by atoms with Gasteiger partial charge in [-0.1, -0.05) is 0 Å².